The molecule has 0 saturated carbocycles. The van der Waals surface area contributed by atoms with Crippen LogP contribution < -0.4 is 13.8 Å². The van der Waals surface area contributed by atoms with Crippen LogP contribution in [0.5, 0.6) is 11.5 Å². The molecule has 0 aliphatic carbocycles. The first-order valence-corrected chi connectivity index (χ1v) is 14.4. The molecule has 1 amide bonds. The first kappa shape index (κ1) is 27.6. The molecule has 4 rings (SSSR count). The third kappa shape index (κ3) is 7.09. The first-order valence-electron chi connectivity index (χ1n) is 11.6. The summed E-state index contributed by atoms with van der Waals surface area (Å²) in [6.45, 7) is 3.63. The molecule has 0 saturated heterocycles. The Morgan fingerprint density at radius 2 is 1.26 bits per heavy atom. The van der Waals surface area contributed by atoms with E-state index in [9.17, 15) is 21.6 Å². The van der Waals surface area contributed by atoms with Crippen LogP contribution in [0.15, 0.2) is 112 Å². The van der Waals surface area contributed by atoms with Gasteiger partial charge in [-0.3, -0.25) is 4.79 Å². The van der Waals surface area contributed by atoms with Crippen LogP contribution in [0.25, 0.3) is 0 Å². The molecule has 0 atom stereocenters. The molecule has 1 N–H and O–H groups in total. The summed E-state index contributed by atoms with van der Waals surface area (Å²) in [5, 5.41) is 3.89. The number of nitrogens with zero attached hydrogens (tertiary/aromatic N) is 1. The summed E-state index contributed by atoms with van der Waals surface area (Å²) in [4.78, 5) is 12.1. The summed E-state index contributed by atoms with van der Waals surface area (Å²) in [5.41, 5.74) is 4.59. The van der Waals surface area contributed by atoms with Gasteiger partial charge in [0, 0.05) is 17.2 Å². The van der Waals surface area contributed by atoms with E-state index in [-0.39, 0.29) is 26.9 Å². The Kier molecular flexibility index (Phi) is 8.12. The number of hydrazone groups is 1. The summed E-state index contributed by atoms with van der Waals surface area (Å²) in [6, 6.07) is 24.2. The molecule has 4 aromatic rings. The molecule has 0 spiro atoms. The molecule has 11 heteroatoms. The largest absolute Gasteiger partial charge is 0.379 e. The lowest BCUT2D eigenvalue weighted by Crippen LogP contribution is -2.17. The molecular formula is C28H24N2O7S2. The molecule has 39 heavy (non-hydrogen) atoms. The third-order valence-corrected chi connectivity index (χ3v) is 7.93. The zero-order chi connectivity index (χ0) is 28.0. The zero-order valence-electron chi connectivity index (χ0n) is 20.9. The van der Waals surface area contributed by atoms with Gasteiger partial charge in [0.1, 0.15) is 15.5 Å². The van der Waals surface area contributed by atoms with Crippen molar-refractivity contribution < 1.29 is 30.0 Å². The molecule has 0 fully saturated rings. The van der Waals surface area contributed by atoms with Gasteiger partial charge >= 0.3 is 20.2 Å². The lowest BCUT2D eigenvalue weighted by Gasteiger charge is -2.12. The maximum absolute atomic E-state index is 13.0. The van der Waals surface area contributed by atoms with Crippen LogP contribution >= 0.6 is 0 Å². The Labute approximate surface area is 227 Å². The fourth-order valence-electron chi connectivity index (χ4n) is 3.31. The van der Waals surface area contributed by atoms with Crippen LogP contribution in [0.4, 0.5) is 0 Å². The fraction of sp³-hybridized carbons (Fsp3) is 0.0714. The number of hydrogen-bond donors (Lipinski definition) is 1. The Morgan fingerprint density at radius 1 is 0.718 bits per heavy atom. The predicted molar refractivity (Wildman–Crippen MR) is 146 cm³/mol. The molecular weight excluding hydrogens is 540 g/mol. The molecule has 9 nitrogen and oxygen atoms in total. The minimum absolute atomic E-state index is 0.0721. The van der Waals surface area contributed by atoms with Crippen LogP contribution in [-0.4, -0.2) is 29.0 Å². The van der Waals surface area contributed by atoms with Crippen LogP contribution in [-0.2, 0) is 20.2 Å². The van der Waals surface area contributed by atoms with E-state index in [1.165, 1.54) is 42.6 Å². The molecule has 0 aromatic heterocycles. The Balaban J connectivity index is 1.65. The zero-order valence-corrected chi connectivity index (χ0v) is 22.6. The monoisotopic (exact) mass is 564 g/mol. The van der Waals surface area contributed by atoms with E-state index in [1.807, 2.05) is 13.8 Å². The van der Waals surface area contributed by atoms with Gasteiger partial charge in [-0.05, 0) is 62.4 Å². The number of nitrogens with one attached hydrogen (secondary N) is 1. The van der Waals surface area contributed by atoms with Gasteiger partial charge in [-0.2, -0.15) is 21.9 Å². The summed E-state index contributed by atoms with van der Waals surface area (Å²) in [7, 11) is -8.52. The smallest absolute Gasteiger partial charge is 0.339 e. The van der Waals surface area contributed by atoms with Gasteiger partial charge in [-0.15, -0.1) is 0 Å². The van der Waals surface area contributed by atoms with Crippen LogP contribution in [0.1, 0.15) is 27.0 Å². The molecule has 0 aliphatic heterocycles. The Bertz CT molecular complexity index is 1720. The number of amides is 1. The minimum atomic E-state index is -4.31. The molecule has 0 unspecified atom stereocenters. The van der Waals surface area contributed by atoms with E-state index < -0.39 is 26.1 Å². The van der Waals surface area contributed by atoms with Crippen molar-refractivity contribution in [3.63, 3.8) is 0 Å². The molecule has 200 valence electrons. The van der Waals surface area contributed by atoms with Gasteiger partial charge in [0.05, 0.1) is 6.21 Å². The van der Waals surface area contributed by atoms with Crippen molar-refractivity contribution in [1.82, 2.24) is 5.43 Å². The number of benzene rings is 4. The van der Waals surface area contributed by atoms with Gasteiger partial charge in [-0.1, -0.05) is 53.6 Å². The van der Waals surface area contributed by atoms with Crippen molar-refractivity contribution in [3.05, 3.63) is 119 Å². The number of carbonyl (C=O) groups is 1. The molecule has 0 aliphatic rings. The molecule has 0 heterocycles. The Hall–Kier alpha value is -4.48. The highest BCUT2D eigenvalue weighted by Gasteiger charge is 2.21. The molecule has 4 aromatic carbocycles. The van der Waals surface area contributed by atoms with Crippen molar-refractivity contribution in [2.45, 2.75) is 23.6 Å². The van der Waals surface area contributed by atoms with E-state index in [4.69, 9.17) is 8.37 Å². The second-order valence-corrected chi connectivity index (χ2v) is 11.6. The highest BCUT2D eigenvalue weighted by molar-refractivity contribution is 7.87. The van der Waals surface area contributed by atoms with Crippen molar-refractivity contribution in [2.24, 2.45) is 5.10 Å². The quantitative estimate of drug-likeness (QED) is 0.179. The number of hydrogen-bond acceptors (Lipinski definition) is 8. The van der Waals surface area contributed by atoms with Crippen molar-refractivity contribution in [1.29, 1.82) is 0 Å². The summed E-state index contributed by atoms with van der Waals surface area (Å²) < 4.78 is 62.1. The molecule has 0 bridgehead atoms. The van der Waals surface area contributed by atoms with Gasteiger partial charge in [0.2, 0.25) is 0 Å². The highest BCUT2D eigenvalue weighted by Crippen LogP contribution is 2.29. The third-order valence-electron chi connectivity index (χ3n) is 5.42. The second-order valence-electron chi connectivity index (χ2n) is 8.47. The minimum Gasteiger partial charge on any atom is -0.379 e. The van der Waals surface area contributed by atoms with Crippen LogP contribution in [0.3, 0.4) is 0 Å². The second kappa shape index (κ2) is 11.5. The standard InChI is InChI=1S/C28H24N2O7S2/c1-20-8-14-25(15-9-20)38(32,33)36-24-13-12-23(19-29-30-28(31)22-6-4-3-5-7-22)27(18-24)37-39(34,35)26-16-10-21(2)11-17-26/h3-19H,1-2H3,(H,30,31)/b29-19-. The lowest BCUT2D eigenvalue weighted by molar-refractivity contribution is 0.0955. The topological polar surface area (TPSA) is 128 Å². The fourth-order valence-corrected chi connectivity index (χ4v) is 5.18. The van der Waals surface area contributed by atoms with E-state index in [0.29, 0.717) is 5.56 Å². The number of carbonyl (C=O) groups excluding carboxylic acids is 1. The maximum atomic E-state index is 13.0. The summed E-state index contributed by atoms with van der Waals surface area (Å²) >= 11 is 0. The van der Waals surface area contributed by atoms with Gasteiger partial charge in [0.15, 0.2) is 5.75 Å². The average molecular weight is 565 g/mol. The van der Waals surface area contributed by atoms with Gasteiger partial charge in [-0.25, -0.2) is 5.43 Å². The van der Waals surface area contributed by atoms with E-state index >= 15 is 0 Å². The van der Waals surface area contributed by atoms with Crippen molar-refractivity contribution >= 4 is 32.4 Å². The van der Waals surface area contributed by atoms with Gasteiger partial charge < -0.3 is 8.37 Å². The van der Waals surface area contributed by atoms with Crippen molar-refractivity contribution in [2.75, 3.05) is 0 Å². The van der Waals surface area contributed by atoms with Gasteiger partial charge in [0.25, 0.3) is 5.91 Å². The summed E-state index contributed by atoms with van der Waals surface area (Å²) in [5.74, 6) is -0.925. The first-order chi connectivity index (χ1) is 18.5. The van der Waals surface area contributed by atoms with Crippen LogP contribution in [0, 0.1) is 13.8 Å². The maximum Gasteiger partial charge on any atom is 0.339 e. The highest BCUT2D eigenvalue weighted by atomic mass is 32.2. The number of aryl methyl sites for hydroxylation is 2. The lowest BCUT2D eigenvalue weighted by atomic mass is 10.2. The van der Waals surface area contributed by atoms with Crippen LogP contribution in [0.2, 0.25) is 0 Å². The average Bonchev–Trinajstić information content (AvgIpc) is 2.90. The number of rotatable bonds is 9. The SMILES string of the molecule is Cc1ccc(S(=O)(=O)Oc2ccc(/C=N\NC(=O)c3ccccc3)c(OS(=O)(=O)c3ccc(C)cc3)c2)cc1. The normalized spacial score (nSPS) is 11.7. The van der Waals surface area contributed by atoms with Crippen molar-refractivity contribution in [3.8, 4) is 11.5 Å². The Morgan fingerprint density at radius 3 is 1.82 bits per heavy atom. The van der Waals surface area contributed by atoms with E-state index in [1.54, 1.807) is 54.6 Å². The predicted octanol–water partition coefficient (Wildman–Crippen LogP) is 4.60. The van der Waals surface area contributed by atoms with E-state index in [0.717, 1.165) is 17.2 Å². The van der Waals surface area contributed by atoms with E-state index in [2.05, 4.69) is 10.5 Å². The molecule has 0 radical (unpaired) electrons. The summed E-state index contributed by atoms with van der Waals surface area (Å²) in [6.07, 6.45) is 1.18.